The molecule has 2 aliphatic rings. The van der Waals surface area contributed by atoms with Crippen LogP contribution in [0.5, 0.6) is 11.5 Å². The maximum absolute atomic E-state index is 12.9. The van der Waals surface area contributed by atoms with Gasteiger partial charge in [-0.15, -0.1) is 0 Å². The minimum atomic E-state index is -0.494. The predicted octanol–water partition coefficient (Wildman–Crippen LogP) is 4.48. The lowest BCUT2D eigenvalue weighted by molar-refractivity contribution is -0.384. The van der Waals surface area contributed by atoms with Crippen LogP contribution < -0.4 is 9.47 Å². The van der Waals surface area contributed by atoms with E-state index in [1.165, 1.54) is 19.2 Å². The number of nitrogens with zero attached hydrogens (tertiary/aromatic N) is 3. The minimum Gasteiger partial charge on any atom is -0.493 e. The Morgan fingerprint density at radius 1 is 1.14 bits per heavy atom. The molecule has 11 heteroatoms. The second kappa shape index (κ2) is 11.5. The number of hydrogen-bond acceptors (Lipinski definition) is 8. The highest BCUT2D eigenvalue weighted by Crippen LogP contribution is 2.35. The zero-order valence-electron chi connectivity index (χ0n) is 20.5. The van der Waals surface area contributed by atoms with Crippen molar-refractivity contribution in [1.29, 1.82) is 0 Å². The van der Waals surface area contributed by atoms with E-state index in [0.29, 0.717) is 36.1 Å². The molecule has 0 aromatic heterocycles. The number of carbonyl (C=O) groups is 3. The lowest BCUT2D eigenvalue weighted by Gasteiger charge is -2.31. The highest BCUT2D eigenvalue weighted by atomic mass is 32.2. The molecule has 0 aliphatic carbocycles. The quantitative estimate of drug-likeness (QED) is 0.281. The molecule has 0 unspecified atom stereocenters. The monoisotopic (exact) mass is 525 g/mol. The molecule has 2 aromatic rings. The first-order valence-electron chi connectivity index (χ1n) is 11.8. The molecule has 0 spiro atoms. The number of methoxy groups -OCH3 is 1. The molecule has 0 bridgehead atoms. The molecule has 0 saturated carbocycles. The van der Waals surface area contributed by atoms with Crippen LogP contribution in [0.3, 0.4) is 0 Å². The number of nitro benzene ring substituents is 1. The molecule has 194 valence electrons. The van der Waals surface area contributed by atoms with E-state index < -0.39 is 16.1 Å². The fraction of sp³-hybridized carbons (Fsp3) is 0.346. The van der Waals surface area contributed by atoms with Gasteiger partial charge in [0.05, 0.1) is 16.9 Å². The third-order valence-electron chi connectivity index (χ3n) is 6.33. The van der Waals surface area contributed by atoms with Crippen LogP contribution in [0.25, 0.3) is 6.08 Å². The van der Waals surface area contributed by atoms with Gasteiger partial charge in [-0.2, -0.15) is 0 Å². The minimum absolute atomic E-state index is 0.000549. The summed E-state index contributed by atoms with van der Waals surface area (Å²) < 4.78 is 11.2. The maximum Gasteiger partial charge on any atom is 0.294 e. The number of thioether (sulfide) groups is 1. The van der Waals surface area contributed by atoms with Gasteiger partial charge in [0.25, 0.3) is 16.8 Å². The van der Waals surface area contributed by atoms with Crippen molar-refractivity contribution in [3.05, 3.63) is 68.6 Å². The summed E-state index contributed by atoms with van der Waals surface area (Å²) in [6, 6.07) is 11.1. The van der Waals surface area contributed by atoms with Crippen LogP contribution in [0.1, 0.15) is 30.9 Å². The SMILES string of the molecule is COc1cc(/C=C2/SC(=O)N(CC(=O)N3CCC(C)CC3)C2=O)ccc1OCc1ccc([N+](=O)[O-])cc1. The van der Waals surface area contributed by atoms with Gasteiger partial charge in [-0.3, -0.25) is 29.4 Å². The molecule has 2 aliphatic heterocycles. The Balaban J connectivity index is 1.41. The number of carbonyl (C=O) groups excluding carboxylic acids is 3. The van der Waals surface area contributed by atoms with Crippen LogP contribution in [0, 0.1) is 16.0 Å². The molecule has 0 atom stereocenters. The van der Waals surface area contributed by atoms with Crippen molar-refractivity contribution in [1.82, 2.24) is 9.80 Å². The summed E-state index contributed by atoms with van der Waals surface area (Å²) in [5, 5.41) is 10.3. The Morgan fingerprint density at radius 2 is 1.84 bits per heavy atom. The highest BCUT2D eigenvalue weighted by molar-refractivity contribution is 8.18. The number of hydrogen-bond donors (Lipinski definition) is 0. The van der Waals surface area contributed by atoms with Crippen molar-refractivity contribution < 1.29 is 28.8 Å². The zero-order valence-corrected chi connectivity index (χ0v) is 21.4. The molecular formula is C26H27N3O7S. The average Bonchev–Trinajstić information content (AvgIpc) is 3.15. The van der Waals surface area contributed by atoms with Crippen molar-refractivity contribution >= 4 is 40.6 Å². The molecule has 4 rings (SSSR count). The molecule has 2 saturated heterocycles. The first-order valence-corrected chi connectivity index (χ1v) is 12.6. The summed E-state index contributed by atoms with van der Waals surface area (Å²) in [6.45, 7) is 3.36. The summed E-state index contributed by atoms with van der Waals surface area (Å²) in [7, 11) is 1.48. The molecule has 10 nitrogen and oxygen atoms in total. The molecular weight excluding hydrogens is 498 g/mol. The van der Waals surface area contributed by atoms with Crippen LogP contribution in [0.15, 0.2) is 47.4 Å². The summed E-state index contributed by atoms with van der Waals surface area (Å²) in [5.74, 6) is 0.732. The number of amides is 3. The van der Waals surface area contributed by atoms with Crippen molar-refractivity contribution in [2.24, 2.45) is 5.92 Å². The van der Waals surface area contributed by atoms with Crippen LogP contribution in [-0.4, -0.2) is 58.5 Å². The number of non-ortho nitro benzene ring substituents is 1. The lowest BCUT2D eigenvalue weighted by Crippen LogP contribution is -2.45. The number of nitro groups is 1. The first kappa shape index (κ1) is 26.2. The van der Waals surface area contributed by atoms with Crippen molar-refractivity contribution in [3.63, 3.8) is 0 Å². The van der Waals surface area contributed by atoms with E-state index in [4.69, 9.17) is 9.47 Å². The van der Waals surface area contributed by atoms with E-state index in [1.807, 2.05) is 0 Å². The number of likely N-dealkylation sites (tertiary alicyclic amines) is 1. The standard InChI is InChI=1S/C26H27N3O7S/c1-17-9-11-27(12-10-17)24(30)15-28-25(31)23(37-26(28)32)14-19-5-8-21(22(13-19)35-2)36-16-18-3-6-20(7-4-18)29(33)34/h3-8,13-14,17H,9-12,15-16H2,1-2H3/b23-14+. The summed E-state index contributed by atoms with van der Waals surface area (Å²) in [5.41, 5.74) is 1.38. The number of ether oxygens (including phenoxy) is 2. The van der Waals surface area contributed by atoms with Crippen molar-refractivity contribution in [2.75, 3.05) is 26.7 Å². The van der Waals surface area contributed by atoms with Crippen LogP contribution in [0.4, 0.5) is 10.5 Å². The van der Waals surface area contributed by atoms with Crippen LogP contribution in [-0.2, 0) is 16.2 Å². The molecule has 3 amide bonds. The summed E-state index contributed by atoms with van der Waals surface area (Å²) in [6.07, 6.45) is 3.42. The van der Waals surface area contributed by atoms with Gasteiger partial charge in [-0.05, 0) is 72.0 Å². The predicted molar refractivity (Wildman–Crippen MR) is 138 cm³/mol. The van der Waals surface area contributed by atoms with E-state index in [-0.39, 0.29) is 29.7 Å². The Bertz CT molecular complexity index is 1240. The molecule has 0 radical (unpaired) electrons. The fourth-order valence-corrected chi connectivity index (χ4v) is 4.89. The molecule has 0 N–H and O–H groups in total. The highest BCUT2D eigenvalue weighted by Gasteiger charge is 2.37. The van der Waals surface area contributed by atoms with Gasteiger partial charge < -0.3 is 14.4 Å². The topological polar surface area (TPSA) is 119 Å². The van der Waals surface area contributed by atoms with Crippen LogP contribution >= 0.6 is 11.8 Å². The lowest BCUT2D eigenvalue weighted by atomic mass is 9.99. The van der Waals surface area contributed by atoms with Gasteiger partial charge in [-0.25, -0.2) is 0 Å². The normalized spacial score (nSPS) is 17.4. The van der Waals surface area contributed by atoms with Gasteiger partial charge in [0.1, 0.15) is 13.2 Å². The van der Waals surface area contributed by atoms with E-state index in [0.717, 1.165) is 35.1 Å². The molecule has 37 heavy (non-hydrogen) atoms. The third kappa shape index (κ3) is 6.29. The number of piperidine rings is 1. The number of rotatable bonds is 8. The molecule has 2 fully saturated rings. The Kier molecular flexibility index (Phi) is 8.12. The Morgan fingerprint density at radius 3 is 2.49 bits per heavy atom. The smallest absolute Gasteiger partial charge is 0.294 e. The van der Waals surface area contributed by atoms with E-state index >= 15 is 0 Å². The largest absolute Gasteiger partial charge is 0.493 e. The maximum atomic E-state index is 12.9. The van der Waals surface area contributed by atoms with Gasteiger partial charge in [0, 0.05) is 25.2 Å². The fourth-order valence-electron chi connectivity index (χ4n) is 4.05. The van der Waals surface area contributed by atoms with Crippen molar-refractivity contribution in [3.8, 4) is 11.5 Å². The third-order valence-corrected chi connectivity index (χ3v) is 7.24. The summed E-state index contributed by atoms with van der Waals surface area (Å²) in [4.78, 5) is 51.3. The van der Waals surface area contributed by atoms with E-state index in [2.05, 4.69) is 6.92 Å². The van der Waals surface area contributed by atoms with Gasteiger partial charge in [0.15, 0.2) is 11.5 Å². The summed E-state index contributed by atoms with van der Waals surface area (Å²) >= 11 is 0.802. The second-order valence-corrected chi connectivity index (χ2v) is 9.95. The van der Waals surface area contributed by atoms with Crippen molar-refractivity contribution in [2.45, 2.75) is 26.4 Å². The number of imide groups is 1. The Hall–Kier alpha value is -3.86. The molecule has 2 aromatic carbocycles. The van der Waals surface area contributed by atoms with E-state index in [9.17, 15) is 24.5 Å². The van der Waals surface area contributed by atoms with Crippen LogP contribution in [0.2, 0.25) is 0 Å². The average molecular weight is 526 g/mol. The van der Waals surface area contributed by atoms with Gasteiger partial charge >= 0.3 is 0 Å². The van der Waals surface area contributed by atoms with E-state index in [1.54, 1.807) is 41.3 Å². The van der Waals surface area contributed by atoms with Gasteiger partial charge in [-0.1, -0.05) is 13.0 Å². The van der Waals surface area contributed by atoms with Gasteiger partial charge in [0.2, 0.25) is 5.91 Å². The zero-order chi connectivity index (χ0) is 26.5. The first-order chi connectivity index (χ1) is 17.7. The second-order valence-electron chi connectivity index (χ2n) is 8.95. The number of benzene rings is 2. The Labute approximate surface area is 218 Å². The molecule has 2 heterocycles.